The molecule has 5 heteroatoms. The van der Waals surface area contributed by atoms with Crippen molar-refractivity contribution in [3.63, 3.8) is 0 Å². The molecule has 3 rings (SSSR count). The number of hydrogen-bond donors (Lipinski definition) is 1. The summed E-state index contributed by atoms with van der Waals surface area (Å²) in [4.78, 5) is 4.68. The van der Waals surface area contributed by atoms with E-state index in [0.717, 1.165) is 40.8 Å². The van der Waals surface area contributed by atoms with E-state index < -0.39 is 0 Å². The van der Waals surface area contributed by atoms with Gasteiger partial charge in [-0.25, -0.2) is 0 Å². The number of hydrogen-bond acceptors (Lipinski definition) is 4. The molecule has 1 saturated heterocycles. The van der Waals surface area contributed by atoms with Gasteiger partial charge in [-0.05, 0) is 30.5 Å². The smallest absolute Gasteiger partial charge is 0.231 e. The second-order valence-corrected chi connectivity index (χ2v) is 6.17. The Morgan fingerprint density at radius 1 is 1.25 bits per heavy atom. The average molecular weight is 292 g/mol. The number of ether oxygens (including phenoxy) is 2. The minimum Gasteiger partial charge on any atom is -0.454 e. The van der Waals surface area contributed by atoms with Crippen molar-refractivity contribution in [2.24, 2.45) is 4.99 Å². The van der Waals surface area contributed by atoms with Crippen molar-refractivity contribution in [3.8, 4) is 11.5 Å². The second kappa shape index (κ2) is 5.56. The molecule has 0 radical (unpaired) electrons. The summed E-state index contributed by atoms with van der Waals surface area (Å²) in [6.45, 7) is 5.46. The van der Waals surface area contributed by atoms with Gasteiger partial charge in [-0.1, -0.05) is 31.7 Å². The van der Waals surface area contributed by atoms with Crippen LogP contribution >= 0.6 is 11.8 Å². The van der Waals surface area contributed by atoms with E-state index in [1.165, 1.54) is 0 Å². The fourth-order valence-electron chi connectivity index (χ4n) is 2.42. The van der Waals surface area contributed by atoms with Gasteiger partial charge in [-0.3, -0.25) is 4.99 Å². The van der Waals surface area contributed by atoms with E-state index in [-0.39, 0.29) is 5.54 Å². The third-order valence-corrected chi connectivity index (χ3v) is 5.25. The monoisotopic (exact) mass is 292 g/mol. The van der Waals surface area contributed by atoms with Gasteiger partial charge in [0.05, 0.1) is 6.54 Å². The normalized spacial score (nSPS) is 21.2. The molecular formula is C15H20N2O2S. The molecule has 0 aliphatic carbocycles. The fourth-order valence-corrected chi connectivity index (χ4v) is 3.76. The molecule has 2 aliphatic rings. The highest BCUT2D eigenvalue weighted by molar-refractivity contribution is 8.14. The number of nitrogens with one attached hydrogen (secondary N) is 1. The fraction of sp³-hybridized carbons (Fsp3) is 0.533. The summed E-state index contributed by atoms with van der Waals surface area (Å²) in [6, 6.07) is 6.01. The van der Waals surface area contributed by atoms with Crippen LogP contribution in [0.4, 0.5) is 0 Å². The van der Waals surface area contributed by atoms with Gasteiger partial charge in [0.25, 0.3) is 0 Å². The van der Waals surface area contributed by atoms with Crippen molar-refractivity contribution in [2.45, 2.75) is 38.8 Å². The van der Waals surface area contributed by atoms with Gasteiger partial charge in [-0.15, -0.1) is 0 Å². The van der Waals surface area contributed by atoms with Crippen LogP contribution in [0.25, 0.3) is 0 Å². The van der Waals surface area contributed by atoms with E-state index in [1.807, 2.05) is 30.0 Å². The topological polar surface area (TPSA) is 42.9 Å². The zero-order valence-corrected chi connectivity index (χ0v) is 12.8. The van der Waals surface area contributed by atoms with Gasteiger partial charge < -0.3 is 14.8 Å². The van der Waals surface area contributed by atoms with Crippen LogP contribution in [0.15, 0.2) is 23.2 Å². The largest absolute Gasteiger partial charge is 0.454 e. The molecule has 4 nitrogen and oxygen atoms in total. The van der Waals surface area contributed by atoms with Gasteiger partial charge in [0.2, 0.25) is 6.79 Å². The Morgan fingerprint density at radius 2 is 2.05 bits per heavy atom. The molecule has 0 spiro atoms. The SMILES string of the molecule is CCC1(CC)CSC(=NCc2ccc3c(c2)OCO3)N1. The van der Waals surface area contributed by atoms with Gasteiger partial charge in [0, 0.05) is 11.3 Å². The maximum absolute atomic E-state index is 5.39. The number of rotatable bonds is 4. The molecule has 1 fully saturated rings. The predicted octanol–water partition coefficient (Wildman–Crippen LogP) is 3.17. The Morgan fingerprint density at radius 3 is 2.80 bits per heavy atom. The maximum atomic E-state index is 5.39. The molecule has 1 aromatic carbocycles. The van der Waals surface area contributed by atoms with Gasteiger partial charge in [0.15, 0.2) is 16.7 Å². The minimum atomic E-state index is 0.235. The molecule has 0 amide bonds. The first-order valence-corrected chi connectivity index (χ1v) is 8.07. The number of benzene rings is 1. The molecule has 0 bridgehead atoms. The molecular weight excluding hydrogens is 272 g/mol. The van der Waals surface area contributed by atoms with Crippen LogP contribution in [0.5, 0.6) is 11.5 Å². The highest BCUT2D eigenvalue weighted by Gasteiger charge is 2.33. The summed E-state index contributed by atoms with van der Waals surface area (Å²) >= 11 is 1.83. The third-order valence-electron chi connectivity index (χ3n) is 4.05. The summed E-state index contributed by atoms with van der Waals surface area (Å²) in [5.74, 6) is 2.76. The van der Waals surface area contributed by atoms with Crippen molar-refractivity contribution in [3.05, 3.63) is 23.8 Å². The first-order chi connectivity index (χ1) is 9.74. The van der Waals surface area contributed by atoms with Gasteiger partial charge in [0.1, 0.15) is 0 Å². The molecule has 1 aromatic rings. The van der Waals surface area contributed by atoms with Crippen molar-refractivity contribution in [1.82, 2.24) is 5.32 Å². The van der Waals surface area contributed by atoms with E-state index in [4.69, 9.17) is 9.47 Å². The Bertz CT molecular complexity index is 527. The average Bonchev–Trinajstić information content (AvgIpc) is 3.11. The number of aliphatic imine (C=N–C) groups is 1. The molecule has 2 heterocycles. The van der Waals surface area contributed by atoms with Crippen molar-refractivity contribution < 1.29 is 9.47 Å². The van der Waals surface area contributed by atoms with Gasteiger partial charge in [-0.2, -0.15) is 0 Å². The number of fused-ring (bicyclic) bond motifs is 1. The molecule has 0 saturated carbocycles. The quantitative estimate of drug-likeness (QED) is 0.925. The summed E-state index contributed by atoms with van der Waals surface area (Å²) < 4.78 is 10.7. The van der Waals surface area contributed by atoms with Crippen molar-refractivity contribution in [2.75, 3.05) is 12.5 Å². The highest BCUT2D eigenvalue weighted by atomic mass is 32.2. The highest BCUT2D eigenvalue weighted by Crippen LogP contribution is 2.33. The lowest BCUT2D eigenvalue weighted by Gasteiger charge is -2.25. The summed E-state index contributed by atoms with van der Waals surface area (Å²) in [5.41, 5.74) is 1.38. The molecule has 20 heavy (non-hydrogen) atoms. The Labute approximate surface area is 123 Å². The zero-order chi connectivity index (χ0) is 14.0. The molecule has 1 N–H and O–H groups in total. The van der Waals surface area contributed by atoms with Crippen LogP contribution in [-0.4, -0.2) is 23.3 Å². The Balaban J connectivity index is 1.66. The van der Waals surface area contributed by atoms with Crippen LogP contribution < -0.4 is 14.8 Å². The second-order valence-electron chi connectivity index (χ2n) is 5.21. The molecule has 2 aliphatic heterocycles. The first-order valence-electron chi connectivity index (χ1n) is 7.08. The molecule has 108 valence electrons. The zero-order valence-electron chi connectivity index (χ0n) is 11.9. The van der Waals surface area contributed by atoms with Crippen LogP contribution in [-0.2, 0) is 6.54 Å². The minimum absolute atomic E-state index is 0.235. The number of thioether (sulfide) groups is 1. The summed E-state index contributed by atoms with van der Waals surface area (Å²) in [6.07, 6.45) is 2.28. The predicted molar refractivity (Wildman–Crippen MR) is 82.6 cm³/mol. The lowest BCUT2D eigenvalue weighted by molar-refractivity contribution is 0.174. The van der Waals surface area contributed by atoms with Crippen LogP contribution in [0.3, 0.4) is 0 Å². The van der Waals surface area contributed by atoms with E-state index >= 15 is 0 Å². The van der Waals surface area contributed by atoms with Gasteiger partial charge >= 0.3 is 0 Å². The lowest BCUT2D eigenvalue weighted by atomic mass is 9.96. The van der Waals surface area contributed by atoms with E-state index in [1.54, 1.807) is 0 Å². The molecule has 0 aromatic heterocycles. The van der Waals surface area contributed by atoms with E-state index in [9.17, 15) is 0 Å². The Hall–Kier alpha value is -1.36. The molecule has 0 unspecified atom stereocenters. The maximum Gasteiger partial charge on any atom is 0.231 e. The Kier molecular flexibility index (Phi) is 3.78. The number of amidine groups is 1. The van der Waals surface area contributed by atoms with Crippen molar-refractivity contribution in [1.29, 1.82) is 0 Å². The summed E-state index contributed by atoms with van der Waals surface area (Å²) in [7, 11) is 0. The van der Waals surface area contributed by atoms with E-state index in [0.29, 0.717) is 13.3 Å². The van der Waals surface area contributed by atoms with Crippen molar-refractivity contribution >= 4 is 16.9 Å². The third kappa shape index (κ3) is 2.59. The standard InChI is InChI=1S/C15H20N2O2S/c1-3-15(4-2)9-20-14(17-15)16-8-11-5-6-12-13(7-11)19-10-18-12/h5-7H,3-4,8-10H2,1-2H3,(H,16,17). The molecule has 0 atom stereocenters. The number of nitrogens with zero attached hydrogens (tertiary/aromatic N) is 1. The van der Waals surface area contributed by atoms with Crippen LogP contribution in [0, 0.1) is 0 Å². The van der Waals surface area contributed by atoms with Crippen LogP contribution in [0.2, 0.25) is 0 Å². The van der Waals surface area contributed by atoms with E-state index in [2.05, 4.69) is 24.2 Å². The summed E-state index contributed by atoms with van der Waals surface area (Å²) in [5, 5.41) is 4.64. The first kappa shape index (κ1) is 13.6. The lowest BCUT2D eigenvalue weighted by Crippen LogP contribution is -2.42. The van der Waals surface area contributed by atoms with Crippen LogP contribution in [0.1, 0.15) is 32.3 Å².